The van der Waals surface area contributed by atoms with Crippen molar-refractivity contribution in [2.45, 2.75) is 10.9 Å². The average Bonchev–Trinajstić information content (AvgIpc) is 3.26. The molecule has 3 aromatic carbocycles. The molecule has 1 aliphatic rings. The Morgan fingerprint density at radius 3 is 2.80 bits per heavy atom. The van der Waals surface area contributed by atoms with E-state index in [4.69, 9.17) is 19.2 Å². The van der Waals surface area contributed by atoms with Crippen molar-refractivity contribution < 1.29 is 14.2 Å². The minimum Gasteiger partial charge on any atom is -0.497 e. The smallest absolute Gasteiger partial charge is 0.266 e. The van der Waals surface area contributed by atoms with Crippen molar-refractivity contribution in [2.24, 2.45) is 0 Å². The van der Waals surface area contributed by atoms with Gasteiger partial charge in [0.15, 0.2) is 16.7 Å². The van der Waals surface area contributed by atoms with Crippen LogP contribution in [-0.2, 0) is 5.75 Å². The number of aromatic nitrogens is 2. The predicted molar refractivity (Wildman–Crippen MR) is 116 cm³/mol. The highest BCUT2D eigenvalue weighted by atomic mass is 32.2. The van der Waals surface area contributed by atoms with Gasteiger partial charge in [0.2, 0.25) is 6.79 Å². The molecule has 0 radical (unpaired) electrons. The molecule has 0 amide bonds. The molecule has 0 spiro atoms. The van der Waals surface area contributed by atoms with Crippen LogP contribution in [0.15, 0.2) is 76.7 Å². The third-order valence-electron chi connectivity index (χ3n) is 4.86. The van der Waals surface area contributed by atoms with Gasteiger partial charge in [0.25, 0.3) is 5.56 Å². The zero-order chi connectivity index (χ0) is 20.5. The van der Waals surface area contributed by atoms with Gasteiger partial charge in [-0.1, -0.05) is 36.0 Å². The molecule has 0 saturated heterocycles. The maximum Gasteiger partial charge on any atom is 0.266 e. The molecule has 6 nitrogen and oxygen atoms in total. The summed E-state index contributed by atoms with van der Waals surface area (Å²) in [4.78, 5) is 18.1. The number of rotatable bonds is 5. The second-order valence-corrected chi connectivity index (χ2v) is 7.67. The fourth-order valence-corrected chi connectivity index (χ4v) is 4.32. The Labute approximate surface area is 177 Å². The van der Waals surface area contributed by atoms with Crippen LogP contribution in [0, 0.1) is 0 Å². The first-order valence-corrected chi connectivity index (χ1v) is 10.4. The second-order valence-electron chi connectivity index (χ2n) is 6.73. The van der Waals surface area contributed by atoms with E-state index in [0.29, 0.717) is 33.2 Å². The first-order chi connectivity index (χ1) is 14.7. The van der Waals surface area contributed by atoms with Crippen LogP contribution in [0.4, 0.5) is 0 Å². The molecule has 0 aliphatic carbocycles. The summed E-state index contributed by atoms with van der Waals surface area (Å²) in [6.07, 6.45) is 0. The normalized spacial score (nSPS) is 12.3. The van der Waals surface area contributed by atoms with Crippen LogP contribution in [0.2, 0.25) is 0 Å². The van der Waals surface area contributed by atoms with Crippen LogP contribution < -0.4 is 19.8 Å². The first-order valence-electron chi connectivity index (χ1n) is 9.40. The molecule has 0 atom stereocenters. The molecule has 7 heteroatoms. The van der Waals surface area contributed by atoms with Crippen LogP contribution in [0.1, 0.15) is 5.56 Å². The Bertz CT molecular complexity index is 1300. The van der Waals surface area contributed by atoms with Gasteiger partial charge in [-0.3, -0.25) is 9.36 Å². The van der Waals surface area contributed by atoms with Crippen LogP contribution in [0.25, 0.3) is 16.6 Å². The largest absolute Gasteiger partial charge is 0.497 e. The van der Waals surface area contributed by atoms with E-state index in [1.807, 2.05) is 60.7 Å². The molecular weight excluding hydrogens is 400 g/mol. The number of hydrogen-bond acceptors (Lipinski definition) is 6. The van der Waals surface area contributed by atoms with Crippen LogP contribution >= 0.6 is 11.8 Å². The summed E-state index contributed by atoms with van der Waals surface area (Å²) in [6, 6.07) is 20.7. The summed E-state index contributed by atoms with van der Waals surface area (Å²) in [5.41, 5.74) is 2.34. The molecule has 4 aromatic rings. The highest BCUT2D eigenvalue weighted by molar-refractivity contribution is 7.98. The average molecular weight is 418 g/mol. The summed E-state index contributed by atoms with van der Waals surface area (Å²) >= 11 is 1.50. The van der Waals surface area contributed by atoms with E-state index in [-0.39, 0.29) is 12.4 Å². The molecule has 0 fully saturated rings. The van der Waals surface area contributed by atoms with Gasteiger partial charge in [-0.05, 0) is 42.0 Å². The van der Waals surface area contributed by atoms with Crippen molar-refractivity contribution in [2.75, 3.05) is 13.9 Å². The van der Waals surface area contributed by atoms with Crippen molar-refractivity contribution >= 4 is 22.7 Å². The predicted octanol–water partition coefficient (Wildman–Crippen LogP) is 4.42. The molecule has 150 valence electrons. The quantitative estimate of drug-likeness (QED) is 0.353. The van der Waals surface area contributed by atoms with E-state index < -0.39 is 0 Å². The molecule has 0 unspecified atom stereocenters. The molecule has 1 aliphatic heterocycles. The summed E-state index contributed by atoms with van der Waals surface area (Å²) < 4.78 is 17.8. The van der Waals surface area contributed by atoms with Gasteiger partial charge in [0.05, 0.1) is 23.7 Å². The standard InChI is InChI=1S/C23H18N2O4S/c1-27-17-6-4-5-16(12-17)25-22(26)18-7-2-3-8-19(18)24-23(25)30-13-15-9-10-20-21(11-15)29-14-28-20/h2-12H,13-14H2,1H3. The van der Waals surface area contributed by atoms with E-state index in [1.165, 1.54) is 11.8 Å². The number of methoxy groups -OCH3 is 1. The monoisotopic (exact) mass is 418 g/mol. The van der Waals surface area contributed by atoms with Gasteiger partial charge < -0.3 is 14.2 Å². The minimum absolute atomic E-state index is 0.109. The van der Waals surface area contributed by atoms with E-state index in [1.54, 1.807) is 17.7 Å². The number of fused-ring (bicyclic) bond motifs is 2. The third-order valence-corrected chi connectivity index (χ3v) is 5.87. The van der Waals surface area contributed by atoms with Gasteiger partial charge in [-0.25, -0.2) is 4.98 Å². The van der Waals surface area contributed by atoms with Crippen LogP contribution in [0.5, 0.6) is 17.2 Å². The number of para-hydroxylation sites is 1. The third kappa shape index (κ3) is 3.37. The topological polar surface area (TPSA) is 62.6 Å². The Morgan fingerprint density at radius 2 is 1.90 bits per heavy atom. The van der Waals surface area contributed by atoms with E-state index in [9.17, 15) is 4.79 Å². The Balaban J connectivity index is 1.58. The highest BCUT2D eigenvalue weighted by Crippen LogP contribution is 2.34. The Morgan fingerprint density at radius 1 is 1.03 bits per heavy atom. The van der Waals surface area contributed by atoms with Gasteiger partial charge in [0, 0.05) is 11.8 Å². The van der Waals surface area contributed by atoms with Gasteiger partial charge in [0.1, 0.15) is 5.75 Å². The molecule has 30 heavy (non-hydrogen) atoms. The molecule has 0 bridgehead atoms. The van der Waals surface area contributed by atoms with Gasteiger partial charge in [-0.15, -0.1) is 0 Å². The van der Waals surface area contributed by atoms with Crippen molar-refractivity contribution in [3.8, 4) is 22.9 Å². The number of hydrogen-bond donors (Lipinski definition) is 0. The van der Waals surface area contributed by atoms with Crippen molar-refractivity contribution in [1.29, 1.82) is 0 Å². The minimum atomic E-state index is -0.109. The van der Waals surface area contributed by atoms with Crippen LogP contribution in [-0.4, -0.2) is 23.5 Å². The molecule has 1 aromatic heterocycles. The Hall–Kier alpha value is -3.45. The summed E-state index contributed by atoms with van der Waals surface area (Å²) in [6.45, 7) is 0.244. The van der Waals surface area contributed by atoms with E-state index in [0.717, 1.165) is 17.1 Å². The zero-order valence-electron chi connectivity index (χ0n) is 16.2. The molecule has 0 N–H and O–H groups in total. The second kappa shape index (κ2) is 7.76. The van der Waals surface area contributed by atoms with E-state index >= 15 is 0 Å². The number of benzene rings is 3. The summed E-state index contributed by atoms with van der Waals surface area (Å²) in [5.74, 6) is 2.80. The molecule has 0 saturated carbocycles. The Kier molecular flexibility index (Phi) is 4.80. The fourth-order valence-electron chi connectivity index (χ4n) is 3.37. The van der Waals surface area contributed by atoms with Crippen molar-refractivity contribution in [1.82, 2.24) is 9.55 Å². The molecule has 5 rings (SSSR count). The lowest BCUT2D eigenvalue weighted by molar-refractivity contribution is 0.174. The maximum atomic E-state index is 13.3. The van der Waals surface area contributed by atoms with E-state index in [2.05, 4.69) is 0 Å². The van der Waals surface area contributed by atoms with Gasteiger partial charge >= 0.3 is 0 Å². The lowest BCUT2D eigenvalue weighted by Crippen LogP contribution is -2.21. The lowest BCUT2D eigenvalue weighted by atomic mass is 10.2. The number of ether oxygens (including phenoxy) is 3. The number of nitrogens with zero attached hydrogens (tertiary/aromatic N) is 2. The zero-order valence-corrected chi connectivity index (χ0v) is 17.0. The maximum absolute atomic E-state index is 13.3. The molecular formula is C23H18N2O4S. The summed E-state index contributed by atoms with van der Waals surface area (Å²) in [5, 5.41) is 1.19. The summed E-state index contributed by atoms with van der Waals surface area (Å²) in [7, 11) is 1.61. The number of thioether (sulfide) groups is 1. The SMILES string of the molecule is COc1cccc(-n2c(SCc3ccc4c(c3)OCO4)nc3ccccc3c2=O)c1. The van der Waals surface area contributed by atoms with Crippen LogP contribution in [0.3, 0.4) is 0 Å². The lowest BCUT2D eigenvalue weighted by Gasteiger charge is -2.14. The van der Waals surface area contributed by atoms with Crippen molar-refractivity contribution in [3.63, 3.8) is 0 Å². The van der Waals surface area contributed by atoms with Crippen molar-refractivity contribution in [3.05, 3.63) is 82.6 Å². The van der Waals surface area contributed by atoms with Gasteiger partial charge in [-0.2, -0.15) is 0 Å². The fraction of sp³-hybridized carbons (Fsp3) is 0.130. The molecule has 2 heterocycles. The first kappa shape index (κ1) is 18.6. The highest BCUT2D eigenvalue weighted by Gasteiger charge is 2.16.